The Kier molecular flexibility index (Phi) is 4.15. The highest BCUT2D eigenvalue weighted by Gasteiger charge is 2.09. The highest BCUT2D eigenvalue weighted by molar-refractivity contribution is 5.29. The van der Waals surface area contributed by atoms with Gasteiger partial charge in [-0.2, -0.15) is 0 Å². The van der Waals surface area contributed by atoms with Gasteiger partial charge in [-0.15, -0.1) is 0 Å². The van der Waals surface area contributed by atoms with Gasteiger partial charge < -0.3 is 10.5 Å². The van der Waals surface area contributed by atoms with Crippen LogP contribution < -0.4 is 10.5 Å². The third kappa shape index (κ3) is 3.56. The molecule has 0 amide bonds. The molecule has 0 heterocycles. The summed E-state index contributed by atoms with van der Waals surface area (Å²) in [5, 5.41) is 0. The first-order chi connectivity index (χ1) is 7.00. The Labute approximate surface area is 92.4 Å². The van der Waals surface area contributed by atoms with Gasteiger partial charge in [0.2, 0.25) is 0 Å². The molecule has 0 aliphatic heterocycles. The maximum absolute atomic E-state index is 5.86. The molecule has 0 saturated heterocycles. The molecule has 0 radical (unpaired) electrons. The van der Waals surface area contributed by atoms with E-state index in [4.69, 9.17) is 10.5 Å². The van der Waals surface area contributed by atoms with Crippen molar-refractivity contribution in [3.8, 4) is 5.75 Å². The molecule has 0 aliphatic rings. The van der Waals surface area contributed by atoms with Crippen LogP contribution in [0.2, 0.25) is 0 Å². The number of rotatable bonds is 4. The molecule has 1 aromatic carbocycles. The number of benzene rings is 1. The first kappa shape index (κ1) is 12.1. The summed E-state index contributed by atoms with van der Waals surface area (Å²) in [5.74, 6) is 1.31. The monoisotopic (exact) mass is 207 g/mol. The van der Waals surface area contributed by atoms with E-state index in [0.29, 0.717) is 5.92 Å². The lowest BCUT2D eigenvalue weighted by molar-refractivity contribution is 0.242. The predicted molar refractivity (Wildman–Crippen MR) is 64.3 cm³/mol. The van der Waals surface area contributed by atoms with E-state index in [0.717, 1.165) is 5.75 Å². The molecule has 2 nitrogen and oxygen atoms in total. The van der Waals surface area contributed by atoms with E-state index in [1.54, 1.807) is 0 Å². The first-order valence-electron chi connectivity index (χ1n) is 5.53. The minimum absolute atomic E-state index is 0.182. The normalized spacial score (nSPS) is 15.1. The summed E-state index contributed by atoms with van der Waals surface area (Å²) in [6.45, 7) is 8.23. The van der Waals surface area contributed by atoms with E-state index in [1.165, 1.54) is 5.56 Å². The van der Waals surface area contributed by atoms with Gasteiger partial charge in [-0.1, -0.05) is 19.1 Å². The fraction of sp³-hybridized carbons (Fsp3) is 0.538. The average molecular weight is 207 g/mol. The van der Waals surface area contributed by atoms with Crippen molar-refractivity contribution < 1.29 is 4.74 Å². The van der Waals surface area contributed by atoms with E-state index >= 15 is 0 Å². The third-order valence-corrected chi connectivity index (χ3v) is 2.57. The number of nitrogens with two attached hydrogens (primary N) is 1. The van der Waals surface area contributed by atoms with Crippen LogP contribution in [0.15, 0.2) is 24.3 Å². The molecule has 2 unspecified atom stereocenters. The summed E-state index contributed by atoms with van der Waals surface area (Å²) < 4.78 is 5.58. The third-order valence-electron chi connectivity index (χ3n) is 2.57. The smallest absolute Gasteiger partial charge is 0.119 e. The van der Waals surface area contributed by atoms with Gasteiger partial charge in [0.05, 0.1) is 6.10 Å². The molecule has 0 saturated carbocycles. The van der Waals surface area contributed by atoms with Gasteiger partial charge in [0, 0.05) is 6.04 Å². The lowest BCUT2D eigenvalue weighted by Gasteiger charge is -2.16. The quantitative estimate of drug-likeness (QED) is 0.824. The second kappa shape index (κ2) is 5.17. The molecule has 15 heavy (non-hydrogen) atoms. The molecule has 1 rings (SSSR count). The summed E-state index contributed by atoms with van der Waals surface area (Å²) in [7, 11) is 0. The van der Waals surface area contributed by atoms with E-state index in [2.05, 4.69) is 19.1 Å². The Bertz CT molecular complexity index is 290. The van der Waals surface area contributed by atoms with Crippen molar-refractivity contribution in [2.24, 2.45) is 5.73 Å². The molecule has 0 bridgehead atoms. The molecular weight excluding hydrogens is 186 g/mol. The Balaban J connectivity index is 2.72. The highest BCUT2D eigenvalue weighted by Crippen LogP contribution is 2.21. The van der Waals surface area contributed by atoms with Crippen LogP contribution in [-0.2, 0) is 0 Å². The Morgan fingerprint density at radius 2 is 1.53 bits per heavy atom. The Morgan fingerprint density at radius 1 is 1.00 bits per heavy atom. The van der Waals surface area contributed by atoms with Crippen LogP contribution in [-0.4, -0.2) is 12.1 Å². The largest absolute Gasteiger partial charge is 0.491 e. The maximum Gasteiger partial charge on any atom is 0.119 e. The van der Waals surface area contributed by atoms with Gasteiger partial charge in [0.15, 0.2) is 0 Å². The first-order valence-corrected chi connectivity index (χ1v) is 5.53. The minimum Gasteiger partial charge on any atom is -0.491 e. The number of hydrogen-bond acceptors (Lipinski definition) is 2. The lowest BCUT2D eigenvalue weighted by Crippen LogP contribution is -2.22. The second-order valence-corrected chi connectivity index (χ2v) is 4.38. The summed E-state index contributed by atoms with van der Waals surface area (Å²) in [5.41, 5.74) is 7.12. The fourth-order valence-electron chi connectivity index (χ4n) is 1.43. The van der Waals surface area contributed by atoms with Crippen LogP contribution in [0.5, 0.6) is 5.75 Å². The van der Waals surface area contributed by atoms with E-state index in [1.807, 2.05) is 32.9 Å². The van der Waals surface area contributed by atoms with Crippen LogP contribution in [0.4, 0.5) is 0 Å². The molecule has 0 aromatic heterocycles. The molecule has 2 atom stereocenters. The summed E-state index contributed by atoms with van der Waals surface area (Å²) in [6, 6.07) is 8.38. The Hall–Kier alpha value is -1.02. The standard InChI is InChI=1S/C13H21NO/c1-9(2)15-13-7-5-12(6-8-13)10(3)11(4)14/h5-11H,14H2,1-4H3. The highest BCUT2D eigenvalue weighted by atomic mass is 16.5. The fourth-order valence-corrected chi connectivity index (χ4v) is 1.43. The SMILES string of the molecule is CC(C)Oc1ccc(C(C)C(C)N)cc1. The maximum atomic E-state index is 5.86. The van der Waals surface area contributed by atoms with Crippen molar-refractivity contribution in [1.29, 1.82) is 0 Å². The van der Waals surface area contributed by atoms with Gasteiger partial charge in [0.25, 0.3) is 0 Å². The van der Waals surface area contributed by atoms with Crippen molar-refractivity contribution in [1.82, 2.24) is 0 Å². The number of ether oxygens (including phenoxy) is 1. The molecule has 2 N–H and O–H groups in total. The molecule has 0 fully saturated rings. The molecular formula is C13H21NO. The van der Waals surface area contributed by atoms with Gasteiger partial charge in [0.1, 0.15) is 5.75 Å². The molecule has 84 valence electrons. The van der Waals surface area contributed by atoms with Crippen LogP contribution in [0.3, 0.4) is 0 Å². The van der Waals surface area contributed by atoms with E-state index in [-0.39, 0.29) is 12.1 Å². The minimum atomic E-state index is 0.182. The van der Waals surface area contributed by atoms with Crippen molar-refractivity contribution in [2.45, 2.75) is 45.8 Å². The van der Waals surface area contributed by atoms with Gasteiger partial charge in [-0.25, -0.2) is 0 Å². The lowest BCUT2D eigenvalue weighted by atomic mass is 9.95. The van der Waals surface area contributed by atoms with Crippen molar-refractivity contribution >= 4 is 0 Å². The van der Waals surface area contributed by atoms with Crippen molar-refractivity contribution in [3.05, 3.63) is 29.8 Å². The summed E-state index contributed by atoms with van der Waals surface area (Å²) >= 11 is 0. The van der Waals surface area contributed by atoms with Crippen LogP contribution in [0.25, 0.3) is 0 Å². The topological polar surface area (TPSA) is 35.2 Å². The van der Waals surface area contributed by atoms with Gasteiger partial charge >= 0.3 is 0 Å². The second-order valence-electron chi connectivity index (χ2n) is 4.38. The molecule has 0 aliphatic carbocycles. The molecule has 2 heteroatoms. The summed E-state index contributed by atoms with van der Waals surface area (Å²) in [4.78, 5) is 0. The van der Waals surface area contributed by atoms with Crippen molar-refractivity contribution in [2.75, 3.05) is 0 Å². The zero-order valence-electron chi connectivity index (χ0n) is 10.0. The molecule has 1 aromatic rings. The van der Waals surface area contributed by atoms with Crippen LogP contribution >= 0.6 is 0 Å². The zero-order valence-corrected chi connectivity index (χ0v) is 10.0. The Morgan fingerprint density at radius 3 is 1.93 bits per heavy atom. The molecule has 0 spiro atoms. The number of hydrogen-bond donors (Lipinski definition) is 1. The van der Waals surface area contributed by atoms with Crippen molar-refractivity contribution in [3.63, 3.8) is 0 Å². The van der Waals surface area contributed by atoms with Crippen LogP contribution in [0.1, 0.15) is 39.2 Å². The van der Waals surface area contributed by atoms with Gasteiger partial charge in [-0.3, -0.25) is 0 Å². The van der Waals surface area contributed by atoms with E-state index in [9.17, 15) is 0 Å². The van der Waals surface area contributed by atoms with Crippen LogP contribution in [0, 0.1) is 0 Å². The van der Waals surface area contributed by atoms with Gasteiger partial charge in [-0.05, 0) is 44.4 Å². The predicted octanol–water partition coefficient (Wildman–Crippen LogP) is 2.92. The zero-order chi connectivity index (χ0) is 11.4. The van der Waals surface area contributed by atoms with E-state index < -0.39 is 0 Å². The average Bonchev–Trinajstić information content (AvgIpc) is 2.17. The summed E-state index contributed by atoms with van der Waals surface area (Å²) in [6.07, 6.45) is 0.224.